The van der Waals surface area contributed by atoms with Gasteiger partial charge in [-0.2, -0.15) is 0 Å². The fourth-order valence-corrected chi connectivity index (χ4v) is 4.68. The SMILES string of the molecule is CCN(C)C1CC(N2C(=O)C(C)(C)c3ccc(B4OC(C)(C)C(C)(C)O4)cc32)C1. The molecule has 0 atom stereocenters. The normalized spacial score (nSPS) is 29.3. The van der Waals surface area contributed by atoms with Gasteiger partial charge in [0.05, 0.1) is 16.6 Å². The molecule has 158 valence electrons. The summed E-state index contributed by atoms with van der Waals surface area (Å²) in [5.41, 5.74) is 1.88. The van der Waals surface area contributed by atoms with Crippen LogP contribution in [0.5, 0.6) is 0 Å². The van der Waals surface area contributed by atoms with Gasteiger partial charge in [-0.1, -0.05) is 19.1 Å². The highest BCUT2D eigenvalue weighted by Gasteiger charge is 2.53. The number of nitrogens with zero attached hydrogens (tertiary/aromatic N) is 2. The topological polar surface area (TPSA) is 42.0 Å². The molecule has 4 rings (SSSR count). The molecule has 5 nitrogen and oxygen atoms in total. The summed E-state index contributed by atoms with van der Waals surface area (Å²) >= 11 is 0. The molecule has 1 saturated carbocycles. The molecule has 6 heteroatoms. The summed E-state index contributed by atoms with van der Waals surface area (Å²) in [7, 11) is 1.76. The molecule has 0 aromatic heterocycles. The lowest BCUT2D eigenvalue weighted by Gasteiger charge is -2.45. The van der Waals surface area contributed by atoms with Crippen LogP contribution in [0.1, 0.15) is 66.9 Å². The Labute approximate surface area is 175 Å². The first-order chi connectivity index (χ1) is 13.4. The number of hydrogen-bond donors (Lipinski definition) is 0. The van der Waals surface area contributed by atoms with Gasteiger partial charge < -0.3 is 19.1 Å². The van der Waals surface area contributed by atoms with Crippen LogP contribution in [0.25, 0.3) is 0 Å². The average Bonchev–Trinajstić information content (AvgIpc) is 2.94. The van der Waals surface area contributed by atoms with Crippen molar-refractivity contribution in [3.8, 4) is 0 Å². The van der Waals surface area contributed by atoms with Gasteiger partial charge in [-0.15, -0.1) is 0 Å². The zero-order chi connectivity index (χ0) is 21.4. The standard InChI is InChI=1S/C23H35BN2O3/c1-9-25(8)16-13-17(14-16)26-19-12-15(10-11-18(19)21(2,3)20(26)27)24-28-22(4,5)23(6,7)29-24/h10-12,16-17H,9,13-14H2,1-8H3. The van der Waals surface area contributed by atoms with E-state index in [-0.39, 0.29) is 23.2 Å². The third-order valence-corrected chi connectivity index (χ3v) is 7.81. The van der Waals surface area contributed by atoms with Crippen LogP contribution in [0.3, 0.4) is 0 Å². The summed E-state index contributed by atoms with van der Waals surface area (Å²) < 4.78 is 12.5. The molecule has 2 fully saturated rings. The third kappa shape index (κ3) is 3.06. The van der Waals surface area contributed by atoms with E-state index in [4.69, 9.17) is 9.31 Å². The van der Waals surface area contributed by atoms with Crippen LogP contribution in [0.4, 0.5) is 5.69 Å². The van der Waals surface area contributed by atoms with Gasteiger partial charge in [-0.05, 0) is 85.1 Å². The highest BCUT2D eigenvalue weighted by Crippen LogP contribution is 2.46. The zero-order valence-corrected chi connectivity index (χ0v) is 19.2. The van der Waals surface area contributed by atoms with Gasteiger partial charge >= 0.3 is 7.12 Å². The number of carbonyl (C=O) groups excluding carboxylic acids is 1. The Morgan fingerprint density at radius 1 is 1.10 bits per heavy atom. The molecule has 2 aliphatic heterocycles. The summed E-state index contributed by atoms with van der Waals surface area (Å²) in [4.78, 5) is 17.8. The van der Waals surface area contributed by atoms with Crippen molar-refractivity contribution in [2.24, 2.45) is 0 Å². The predicted molar refractivity (Wildman–Crippen MR) is 118 cm³/mol. The van der Waals surface area contributed by atoms with Gasteiger partial charge in [0, 0.05) is 17.8 Å². The highest BCUT2D eigenvalue weighted by atomic mass is 16.7. The molecule has 0 spiro atoms. The summed E-state index contributed by atoms with van der Waals surface area (Å²) in [6.07, 6.45) is 2.07. The second-order valence-electron chi connectivity index (χ2n) is 10.5. The number of fused-ring (bicyclic) bond motifs is 1. The van der Waals surface area contributed by atoms with E-state index in [1.165, 1.54) is 0 Å². The molecule has 1 aromatic rings. The Morgan fingerprint density at radius 3 is 2.24 bits per heavy atom. The fraction of sp³-hybridized carbons (Fsp3) is 0.696. The van der Waals surface area contributed by atoms with Crippen LogP contribution in [0, 0.1) is 0 Å². The van der Waals surface area contributed by atoms with Crippen molar-refractivity contribution in [1.82, 2.24) is 4.90 Å². The molecular formula is C23H35BN2O3. The number of amides is 1. The number of benzene rings is 1. The number of carbonyl (C=O) groups is 1. The van der Waals surface area contributed by atoms with E-state index >= 15 is 0 Å². The maximum absolute atomic E-state index is 13.4. The monoisotopic (exact) mass is 398 g/mol. The molecule has 0 bridgehead atoms. The second-order valence-corrected chi connectivity index (χ2v) is 10.5. The number of rotatable bonds is 4. The first kappa shape index (κ1) is 20.9. The van der Waals surface area contributed by atoms with Gasteiger partial charge in [-0.25, -0.2) is 0 Å². The largest absolute Gasteiger partial charge is 0.494 e. The van der Waals surface area contributed by atoms with Crippen molar-refractivity contribution in [1.29, 1.82) is 0 Å². The Hall–Kier alpha value is -1.37. The Morgan fingerprint density at radius 2 is 1.69 bits per heavy atom. The zero-order valence-electron chi connectivity index (χ0n) is 19.2. The van der Waals surface area contributed by atoms with E-state index in [1.807, 2.05) is 13.8 Å². The van der Waals surface area contributed by atoms with E-state index in [0.29, 0.717) is 6.04 Å². The van der Waals surface area contributed by atoms with Crippen molar-refractivity contribution < 1.29 is 14.1 Å². The lowest BCUT2D eigenvalue weighted by Crippen LogP contribution is -2.55. The van der Waals surface area contributed by atoms with Crippen LogP contribution in [-0.2, 0) is 19.5 Å². The molecule has 1 aliphatic carbocycles. The van der Waals surface area contributed by atoms with Gasteiger partial charge in [0.15, 0.2) is 0 Å². The van der Waals surface area contributed by atoms with Crippen LogP contribution >= 0.6 is 0 Å². The predicted octanol–water partition coefficient (Wildman–Crippen LogP) is 3.09. The minimum atomic E-state index is -0.495. The Bertz CT molecular complexity index is 813. The first-order valence-electron chi connectivity index (χ1n) is 10.9. The minimum absolute atomic E-state index is 0.209. The molecule has 0 N–H and O–H groups in total. The van der Waals surface area contributed by atoms with E-state index in [0.717, 1.165) is 36.1 Å². The Kier molecular flexibility index (Phi) is 4.73. The van der Waals surface area contributed by atoms with Gasteiger partial charge in [0.1, 0.15) is 0 Å². The lowest BCUT2D eigenvalue weighted by atomic mass is 9.76. The quantitative estimate of drug-likeness (QED) is 0.731. The van der Waals surface area contributed by atoms with Gasteiger partial charge in [0.2, 0.25) is 5.91 Å². The maximum atomic E-state index is 13.4. The third-order valence-electron chi connectivity index (χ3n) is 7.81. The summed E-state index contributed by atoms with van der Waals surface area (Å²) in [5, 5.41) is 0. The molecule has 3 aliphatic rings. The highest BCUT2D eigenvalue weighted by molar-refractivity contribution is 6.62. The second kappa shape index (κ2) is 6.56. The van der Waals surface area contributed by atoms with Gasteiger partial charge in [0.25, 0.3) is 0 Å². The van der Waals surface area contributed by atoms with E-state index in [1.54, 1.807) is 0 Å². The Balaban J connectivity index is 1.64. The van der Waals surface area contributed by atoms with Crippen LogP contribution < -0.4 is 10.4 Å². The molecule has 2 heterocycles. The van der Waals surface area contributed by atoms with Crippen molar-refractivity contribution in [3.63, 3.8) is 0 Å². The average molecular weight is 398 g/mol. The molecule has 0 radical (unpaired) electrons. The number of anilines is 1. The van der Waals surface area contributed by atoms with Crippen LogP contribution in [0.15, 0.2) is 18.2 Å². The summed E-state index contributed by atoms with van der Waals surface area (Å²) in [6, 6.07) is 7.13. The minimum Gasteiger partial charge on any atom is -0.399 e. The van der Waals surface area contributed by atoms with Crippen molar-refractivity contribution in [2.75, 3.05) is 18.5 Å². The molecule has 1 aromatic carbocycles. The molecular weight excluding hydrogens is 363 g/mol. The van der Waals surface area contributed by atoms with E-state index < -0.39 is 12.5 Å². The van der Waals surface area contributed by atoms with Crippen molar-refractivity contribution >= 4 is 24.2 Å². The molecule has 1 saturated heterocycles. The lowest BCUT2D eigenvalue weighted by molar-refractivity contribution is -0.123. The molecule has 0 unspecified atom stereocenters. The fourth-order valence-electron chi connectivity index (χ4n) is 4.68. The van der Waals surface area contributed by atoms with Crippen molar-refractivity contribution in [2.45, 2.75) is 90.0 Å². The van der Waals surface area contributed by atoms with Crippen molar-refractivity contribution in [3.05, 3.63) is 23.8 Å². The van der Waals surface area contributed by atoms with Gasteiger partial charge in [-0.3, -0.25) is 4.79 Å². The first-order valence-corrected chi connectivity index (χ1v) is 10.9. The van der Waals surface area contributed by atoms with E-state index in [2.05, 4.69) is 69.7 Å². The molecule has 1 amide bonds. The van der Waals surface area contributed by atoms with Crippen LogP contribution in [0.2, 0.25) is 0 Å². The van der Waals surface area contributed by atoms with E-state index in [9.17, 15) is 4.79 Å². The molecule has 29 heavy (non-hydrogen) atoms. The maximum Gasteiger partial charge on any atom is 0.494 e. The smallest absolute Gasteiger partial charge is 0.399 e. The summed E-state index contributed by atoms with van der Waals surface area (Å²) in [6.45, 7) is 15.6. The van der Waals surface area contributed by atoms with Crippen LogP contribution in [-0.4, -0.2) is 54.8 Å². The number of hydrogen-bond acceptors (Lipinski definition) is 4. The summed E-state index contributed by atoms with van der Waals surface area (Å²) in [5.74, 6) is 0.209.